The number of carbonyl (C=O) groups excluding carboxylic acids is 1. The number of rotatable bonds is 3. The summed E-state index contributed by atoms with van der Waals surface area (Å²) in [7, 11) is 0. The zero-order chi connectivity index (χ0) is 11.5. The molecular weight excluding hydrogens is 258 g/mol. The Morgan fingerprint density at radius 2 is 2.41 bits per heavy atom. The molecule has 0 saturated carbocycles. The van der Waals surface area contributed by atoms with E-state index in [0.29, 0.717) is 0 Å². The fraction of sp³-hybridized carbons (Fsp3) is 0.636. The van der Waals surface area contributed by atoms with E-state index < -0.39 is 0 Å². The van der Waals surface area contributed by atoms with E-state index in [1.165, 1.54) is 4.88 Å². The highest BCUT2D eigenvalue weighted by Gasteiger charge is 2.23. The summed E-state index contributed by atoms with van der Waals surface area (Å²) >= 11 is 1.56. The van der Waals surface area contributed by atoms with E-state index in [9.17, 15) is 4.79 Å². The minimum Gasteiger partial charge on any atom is -0.316 e. The van der Waals surface area contributed by atoms with E-state index in [-0.39, 0.29) is 24.2 Å². The van der Waals surface area contributed by atoms with Gasteiger partial charge in [0.1, 0.15) is 0 Å². The quantitative estimate of drug-likeness (QED) is 0.887. The second-order valence-electron chi connectivity index (χ2n) is 4.05. The Bertz CT molecular complexity index is 388. The molecule has 0 aliphatic carbocycles. The lowest BCUT2D eigenvalue weighted by Gasteiger charge is -2.06. The molecule has 4 nitrogen and oxygen atoms in total. The van der Waals surface area contributed by atoms with Gasteiger partial charge >= 0.3 is 0 Å². The Morgan fingerprint density at radius 1 is 1.65 bits per heavy atom. The van der Waals surface area contributed by atoms with Crippen molar-refractivity contribution < 1.29 is 4.79 Å². The first-order valence-electron chi connectivity index (χ1n) is 5.68. The Balaban J connectivity index is 0.00000144. The molecule has 1 aliphatic heterocycles. The van der Waals surface area contributed by atoms with Crippen molar-refractivity contribution in [3.8, 4) is 0 Å². The lowest BCUT2D eigenvalue weighted by Crippen LogP contribution is -2.24. The Labute approximate surface area is 112 Å². The fourth-order valence-corrected chi connectivity index (χ4v) is 2.80. The molecule has 0 radical (unpaired) electrons. The number of anilines is 1. The number of aryl methyl sites for hydroxylation is 2. The maximum absolute atomic E-state index is 11.8. The van der Waals surface area contributed by atoms with Crippen molar-refractivity contribution in [3.63, 3.8) is 0 Å². The van der Waals surface area contributed by atoms with Crippen LogP contribution in [0.4, 0.5) is 5.13 Å². The molecule has 1 unspecified atom stereocenters. The molecule has 1 aliphatic rings. The molecule has 0 bridgehead atoms. The van der Waals surface area contributed by atoms with Gasteiger partial charge in [0.2, 0.25) is 5.91 Å². The molecule has 0 aromatic carbocycles. The summed E-state index contributed by atoms with van der Waals surface area (Å²) < 4.78 is 0. The monoisotopic (exact) mass is 275 g/mol. The van der Waals surface area contributed by atoms with Crippen molar-refractivity contribution in [2.45, 2.75) is 26.7 Å². The van der Waals surface area contributed by atoms with Crippen LogP contribution in [0.25, 0.3) is 0 Å². The van der Waals surface area contributed by atoms with Gasteiger partial charge in [0, 0.05) is 11.4 Å². The first kappa shape index (κ1) is 14.4. The van der Waals surface area contributed by atoms with Crippen molar-refractivity contribution in [1.82, 2.24) is 10.3 Å². The van der Waals surface area contributed by atoms with Crippen LogP contribution < -0.4 is 10.6 Å². The second kappa shape index (κ2) is 6.33. The summed E-state index contributed by atoms with van der Waals surface area (Å²) in [5.41, 5.74) is 1.09. The lowest BCUT2D eigenvalue weighted by molar-refractivity contribution is -0.119. The van der Waals surface area contributed by atoms with Crippen molar-refractivity contribution in [1.29, 1.82) is 0 Å². The number of carbonyl (C=O) groups is 1. The molecule has 2 rings (SSSR count). The average molecular weight is 276 g/mol. The summed E-state index contributed by atoms with van der Waals surface area (Å²) in [5, 5.41) is 6.84. The van der Waals surface area contributed by atoms with Crippen molar-refractivity contribution >= 4 is 34.8 Å². The number of aromatic nitrogens is 1. The third-order valence-corrected chi connectivity index (χ3v) is 3.82. The molecule has 1 fully saturated rings. The number of nitrogens with one attached hydrogen (secondary N) is 2. The van der Waals surface area contributed by atoms with Gasteiger partial charge in [0.05, 0.1) is 11.6 Å². The van der Waals surface area contributed by atoms with E-state index >= 15 is 0 Å². The van der Waals surface area contributed by atoms with Crippen LogP contribution in [0.3, 0.4) is 0 Å². The third-order valence-electron chi connectivity index (χ3n) is 2.89. The number of halogens is 1. The summed E-state index contributed by atoms with van der Waals surface area (Å²) in [4.78, 5) is 17.4. The van der Waals surface area contributed by atoms with Crippen LogP contribution in [0.5, 0.6) is 0 Å². The molecule has 1 aromatic rings. The maximum Gasteiger partial charge on any atom is 0.230 e. The Kier molecular flexibility index (Phi) is 5.36. The van der Waals surface area contributed by atoms with Gasteiger partial charge < -0.3 is 10.6 Å². The molecule has 1 saturated heterocycles. The third kappa shape index (κ3) is 3.40. The van der Waals surface area contributed by atoms with E-state index in [2.05, 4.69) is 22.5 Å². The van der Waals surface area contributed by atoms with Gasteiger partial charge in [-0.1, -0.05) is 6.92 Å². The smallest absolute Gasteiger partial charge is 0.230 e. The highest BCUT2D eigenvalue weighted by molar-refractivity contribution is 7.15. The first-order valence-corrected chi connectivity index (χ1v) is 6.50. The van der Waals surface area contributed by atoms with E-state index in [0.717, 1.165) is 36.8 Å². The van der Waals surface area contributed by atoms with Crippen LogP contribution in [-0.4, -0.2) is 24.0 Å². The van der Waals surface area contributed by atoms with Crippen molar-refractivity contribution in [3.05, 3.63) is 10.6 Å². The van der Waals surface area contributed by atoms with Crippen LogP contribution >= 0.6 is 23.7 Å². The van der Waals surface area contributed by atoms with Crippen LogP contribution in [-0.2, 0) is 11.2 Å². The normalized spacial score (nSPS) is 18.8. The van der Waals surface area contributed by atoms with Crippen LogP contribution in [0.1, 0.15) is 23.9 Å². The van der Waals surface area contributed by atoms with Gasteiger partial charge in [-0.2, -0.15) is 0 Å². The van der Waals surface area contributed by atoms with Crippen LogP contribution in [0.15, 0.2) is 0 Å². The minimum atomic E-state index is 0. The minimum absolute atomic E-state index is 0. The van der Waals surface area contributed by atoms with Crippen LogP contribution in [0.2, 0.25) is 0 Å². The number of hydrogen-bond donors (Lipinski definition) is 2. The molecule has 1 atom stereocenters. The molecule has 1 aromatic heterocycles. The molecule has 96 valence electrons. The maximum atomic E-state index is 11.8. The lowest BCUT2D eigenvalue weighted by atomic mass is 10.1. The molecule has 2 N–H and O–H groups in total. The second-order valence-corrected chi connectivity index (χ2v) is 5.26. The average Bonchev–Trinajstić information content (AvgIpc) is 2.87. The fourth-order valence-electron chi connectivity index (χ4n) is 1.90. The topological polar surface area (TPSA) is 54.0 Å². The number of nitrogens with zero attached hydrogens (tertiary/aromatic N) is 1. The summed E-state index contributed by atoms with van der Waals surface area (Å²) in [6.07, 6.45) is 1.85. The van der Waals surface area contributed by atoms with Gasteiger partial charge in [-0.15, -0.1) is 23.7 Å². The molecule has 1 amide bonds. The van der Waals surface area contributed by atoms with Crippen molar-refractivity contribution in [2.75, 3.05) is 18.4 Å². The largest absolute Gasteiger partial charge is 0.316 e. The highest BCUT2D eigenvalue weighted by atomic mass is 35.5. The van der Waals surface area contributed by atoms with Crippen LogP contribution in [0, 0.1) is 12.8 Å². The predicted octanol–water partition coefficient (Wildman–Crippen LogP) is 1.98. The first-order chi connectivity index (χ1) is 7.70. The summed E-state index contributed by atoms with van der Waals surface area (Å²) in [6, 6.07) is 0. The summed E-state index contributed by atoms with van der Waals surface area (Å²) in [5.74, 6) is 0.204. The van der Waals surface area contributed by atoms with Gasteiger partial charge in [-0.3, -0.25) is 4.79 Å². The van der Waals surface area contributed by atoms with E-state index in [4.69, 9.17) is 0 Å². The predicted molar refractivity (Wildman–Crippen MR) is 73.1 cm³/mol. The SMILES string of the molecule is CCc1nc(NC(=O)C2CCNC2)sc1C.Cl. The number of thiazole rings is 1. The zero-order valence-electron chi connectivity index (χ0n) is 10.1. The molecule has 2 heterocycles. The Hall–Kier alpha value is -0.650. The van der Waals surface area contributed by atoms with Gasteiger partial charge in [0.25, 0.3) is 0 Å². The molecule has 6 heteroatoms. The molecule has 0 spiro atoms. The zero-order valence-corrected chi connectivity index (χ0v) is 11.7. The number of amides is 1. The highest BCUT2D eigenvalue weighted by Crippen LogP contribution is 2.23. The van der Waals surface area contributed by atoms with Gasteiger partial charge in [-0.25, -0.2) is 4.98 Å². The standard InChI is InChI=1S/C11H17N3OS.ClH/c1-3-9-7(2)16-11(13-9)14-10(15)8-4-5-12-6-8;/h8,12H,3-6H2,1-2H3,(H,13,14,15);1H. The van der Waals surface area contributed by atoms with Gasteiger partial charge in [-0.05, 0) is 26.3 Å². The Morgan fingerprint density at radius 3 is 2.94 bits per heavy atom. The molecule has 17 heavy (non-hydrogen) atoms. The number of hydrogen-bond acceptors (Lipinski definition) is 4. The van der Waals surface area contributed by atoms with Crippen molar-refractivity contribution in [2.24, 2.45) is 5.92 Å². The summed E-state index contributed by atoms with van der Waals surface area (Å²) in [6.45, 7) is 5.85. The van der Waals surface area contributed by atoms with E-state index in [1.807, 2.05) is 6.92 Å². The van der Waals surface area contributed by atoms with E-state index in [1.54, 1.807) is 11.3 Å². The van der Waals surface area contributed by atoms with Gasteiger partial charge in [0.15, 0.2) is 5.13 Å². The molecular formula is C11H18ClN3OS.